The van der Waals surface area contributed by atoms with E-state index in [0.717, 1.165) is 22.0 Å². The highest BCUT2D eigenvalue weighted by molar-refractivity contribution is 5.82. The quantitative estimate of drug-likeness (QED) is 0.718. The molecule has 2 amide bonds. The first-order valence-electron chi connectivity index (χ1n) is 8.69. The van der Waals surface area contributed by atoms with E-state index < -0.39 is 0 Å². The van der Waals surface area contributed by atoms with Crippen LogP contribution < -0.4 is 5.32 Å². The summed E-state index contributed by atoms with van der Waals surface area (Å²) in [5.74, 6) is 0. The SMILES string of the molecule is Cc1ccc(CN(CCO)C(=O)NCc2ccnc3ccccc23)cc1. The zero-order valence-corrected chi connectivity index (χ0v) is 14.9. The van der Waals surface area contributed by atoms with Crippen LogP contribution >= 0.6 is 0 Å². The number of aliphatic hydroxyl groups is 1. The Morgan fingerprint density at radius 2 is 1.88 bits per heavy atom. The van der Waals surface area contributed by atoms with Crippen molar-refractivity contribution in [1.29, 1.82) is 0 Å². The molecule has 1 heterocycles. The zero-order chi connectivity index (χ0) is 18.4. The summed E-state index contributed by atoms with van der Waals surface area (Å²) in [5, 5.41) is 13.3. The predicted octanol–water partition coefficient (Wildman–Crippen LogP) is 3.25. The molecular formula is C21H23N3O2. The van der Waals surface area contributed by atoms with Crippen molar-refractivity contribution in [1.82, 2.24) is 15.2 Å². The number of carbonyl (C=O) groups is 1. The Balaban J connectivity index is 1.68. The van der Waals surface area contributed by atoms with Crippen molar-refractivity contribution < 1.29 is 9.90 Å². The number of nitrogens with zero attached hydrogens (tertiary/aromatic N) is 2. The van der Waals surface area contributed by atoms with Crippen LogP contribution in [0.2, 0.25) is 0 Å². The van der Waals surface area contributed by atoms with Gasteiger partial charge in [0.1, 0.15) is 0 Å². The van der Waals surface area contributed by atoms with E-state index in [4.69, 9.17) is 0 Å². The molecule has 0 saturated heterocycles. The third kappa shape index (κ3) is 4.37. The van der Waals surface area contributed by atoms with Crippen molar-refractivity contribution in [2.45, 2.75) is 20.0 Å². The zero-order valence-electron chi connectivity index (χ0n) is 14.9. The van der Waals surface area contributed by atoms with Crippen LogP contribution in [0.4, 0.5) is 4.79 Å². The summed E-state index contributed by atoms with van der Waals surface area (Å²) in [7, 11) is 0. The van der Waals surface area contributed by atoms with Crippen molar-refractivity contribution in [2.24, 2.45) is 0 Å². The second-order valence-corrected chi connectivity index (χ2v) is 6.28. The van der Waals surface area contributed by atoms with Crippen molar-refractivity contribution in [2.75, 3.05) is 13.2 Å². The fraction of sp³-hybridized carbons (Fsp3) is 0.238. The van der Waals surface area contributed by atoms with Crippen LogP contribution in [0.3, 0.4) is 0 Å². The normalized spacial score (nSPS) is 10.7. The lowest BCUT2D eigenvalue weighted by atomic mass is 10.1. The van der Waals surface area contributed by atoms with E-state index in [1.165, 1.54) is 5.56 Å². The van der Waals surface area contributed by atoms with Gasteiger partial charge in [-0.2, -0.15) is 0 Å². The van der Waals surface area contributed by atoms with Crippen LogP contribution in [-0.2, 0) is 13.1 Å². The minimum Gasteiger partial charge on any atom is -0.395 e. The number of urea groups is 1. The van der Waals surface area contributed by atoms with Crippen molar-refractivity contribution in [3.05, 3.63) is 77.5 Å². The summed E-state index contributed by atoms with van der Waals surface area (Å²) in [6, 6.07) is 17.6. The molecule has 0 bridgehead atoms. The van der Waals surface area contributed by atoms with Gasteiger partial charge >= 0.3 is 6.03 Å². The third-order valence-corrected chi connectivity index (χ3v) is 4.32. The summed E-state index contributed by atoms with van der Waals surface area (Å²) < 4.78 is 0. The molecule has 5 nitrogen and oxygen atoms in total. The van der Waals surface area contributed by atoms with Gasteiger partial charge in [-0.1, -0.05) is 48.0 Å². The van der Waals surface area contributed by atoms with Crippen LogP contribution in [0.5, 0.6) is 0 Å². The number of aromatic nitrogens is 1. The topological polar surface area (TPSA) is 65.5 Å². The Morgan fingerprint density at radius 1 is 1.12 bits per heavy atom. The summed E-state index contributed by atoms with van der Waals surface area (Å²) in [4.78, 5) is 18.6. The summed E-state index contributed by atoms with van der Waals surface area (Å²) in [6.45, 7) is 3.12. The Bertz CT molecular complexity index is 873. The molecule has 2 aromatic carbocycles. The number of fused-ring (bicyclic) bond motifs is 1. The average molecular weight is 349 g/mol. The third-order valence-electron chi connectivity index (χ3n) is 4.32. The van der Waals surface area contributed by atoms with Crippen molar-refractivity contribution >= 4 is 16.9 Å². The van der Waals surface area contributed by atoms with E-state index in [9.17, 15) is 9.90 Å². The molecule has 1 aromatic heterocycles. The van der Waals surface area contributed by atoms with Gasteiger partial charge < -0.3 is 15.3 Å². The molecule has 3 rings (SSSR count). The highest BCUT2D eigenvalue weighted by atomic mass is 16.3. The molecule has 134 valence electrons. The maximum atomic E-state index is 12.6. The van der Waals surface area contributed by atoms with E-state index in [1.807, 2.05) is 61.5 Å². The molecule has 26 heavy (non-hydrogen) atoms. The number of benzene rings is 2. The summed E-state index contributed by atoms with van der Waals surface area (Å²) >= 11 is 0. The van der Waals surface area contributed by atoms with Gasteiger partial charge in [0.2, 0.25) is 0 Å². The lowest BCUT2D eigenvalue weighted by molar-refractivity contribution is 0.173. The number of rotatable bonds is 6. The maximum absolute atomic E-state index is 12.6. The van der Waals surface area contributed by atoms with E-state index >= 15 is 0 Å². The Hall–Kier alpha value is -2.92. The van der Waals surface area contributed by atoms with Crippen molar-refractivity contribution in [3.63, 3.8) is 0 Å². The second-order valence-electron chi connectivity index (χ2n) is 6.28. The predicted molar refractivity (Wildman–Crippen MR) is 103 cm³/mol. The van der Waals surface area contributed by atoms with Gasteiger partial charge in [0.15, 0.2) is 0 Å². The molecule has 0 aliphatic rings. The molecule has 3 aromatic rings. The molecule has 0 saturated carbocycles. The first-order valence-corrected chi connectivity index (χ1v) is 8.69. The van der Waals surface area contributed by atoms with Gasteiger partial charge in [-0.3, -0.25) is 4.98 Å². The monoisotopic (exact) mass is 349 g/mol. The first-order chi connectivity index (χ1) is 12.7. The van der Waals surface area contributed by atoms with Crippen LogP contribution in [0.15, 0.2) is 60.8 Å². The summed E-state index contributed by atoms with van der Waals surface area (Å²) in [5.41, 5.74) is 4.14. The highest BCUT2D eigenvalue weighted by Gasteiger charge is 2.13. The smallest absolute Gasteiger partial charge is 0.318 e. The first kappa shape index (κ1) is 17.9. The molecule has 5 heteroatoms. The lowest BCUT2D eigenvalue weighted by Gasteiger charge is -2.22. The van der Waals surface area contributed by atoms with Gasteiger partial charge in [0.05, 0.1) is 12.1 Å². The van der Waals surface area contributed by atoms with Crippen LogP contribution in [0.1, 0.15) is 16.7 Å². The molecule has 0 atom stereocenters. The molecule has 2 N–H and O–H groups in total. The van der Waals surface area contributed by atoms with Crippen LogP contribution in [-0.4, -0.2) is 34.2 Å². The van der Waals surface area contributed by atoms with E-state index in [-0.39, 0.29) is 19.2 Å². The summed E-state index contributed by atoms with van der Waals surface area (Å²) in [6.07, 6.45) is 1.75. The van der Waals surface area contributed by atoms with Gasteiger partial charge in [-0.25, -0.2) is 4.79 Å². The molecular weight excluding hydrogens is 326 g/mol. The van der Waals surface area contributed by atoms with Crippen LogP contribution in [0.25, 0.3) is 10.9 Å². The fourth-order valence-electron chi connectivity index (χ4n) is 2.88. The number of aryl methyl sites for hydroxylation is 1. The van der Waals surface area contributed by atoms with Gasteiger partial charge in [0, 0.05) is 31.2 Å². The number of aliphatic hydroxyl groups excluding tert-OH is 1. The molecule has 0 radical (unpaired) electrons. The number of amides is 2. The maximum Gasteiger partial charge on any atom is 0.318 e. The Kier molecular flexibility index (Phi) is 5.81. The van der Waals surface area contributed by atoms with Crippen LogP contribution in [0, 0.1) is 6.92 Å². The Labute approximate surface area is 153 Å². The molecule has 0 unspecified atom stereocenters. The van der Waals surface area contributed by atoms with E-state index in [0.29, 0.717) is 13.1 Å². The number of hydrogen-bond donors (Lipinski definition) is 2. The highest BCUT2D eigenvalue weighted by Crippen LogP contribution is 2.16. The standard InChI is InChI=1S/C21H23N3O2/c1-16-6-8-17(9-7-16)15-24(12-13-25)21(26)23-14-18-10-11-22-20-5-3-2-4-19(18)20/h2-11,25H,12-15H2,1H3,(H,23,26). The number of carbonyl (C=O) groups excluding carboxylic acids is 1. The largest absolute Gasteiger partial charge is 0.395 e. The average Bonchev–Trinajstić information content (AvgIpc) is 2.67. The van der Waals surface area contributed by atoms with Gasteiger partial charge in [0.25, 0.3) is 0 Å². The number of nitrogens with one attached hydrogen (secondary N) is 1. The fourth-order valence-corrected chi connectivity index (χ4v) is 2.88. The van der Waals surface area contributed by atoms with Gasteiger partial charge in [-0.15, -0.1) is 0 Å². The number of hydrogen-bond acceptors (Lipinski definition) is 3. The number of pyridine rings is 1. The van der Waals surface area contributed by atoms with E-state index in [1.54, 1.807) is 11.1 Å². The lowest BCUT2D eigenvalue weighted by Crippen LogP contribution is -2.40. The van der Waals surface area contributed by atoms with E-state index in [2.05, 4.69) is 10.3 Å². The minimum absolute atomic E-state index is 0.0720. The molecule has 0 fully saturated rings. The second kappa shape index (κ2) is 8.45. The Morgan fingerprint density at radius 3 is 2.65 bits per heavy atom. The van der Waals surface area contributed by atoms with Gasteiger partial charge in [-0.05, 0) is 30.2 Å². The number of para-hydroxylation sites is 1. The molecule has 0 aliphatic heterocycles. The molecule has 0 spiro atoms. The van der Waals surface area contributed by atoms with Crippen molar-refractivity contribution in [3.8, 4) is 0 Å². The minimum atomic E-state index is -0.194. The molecule has 0 aliphatic carbocycles.